The molecule has 4 aromatic rings. The Morgan fingerprint density at radius 3 is 1.53 bits per heavy atom. The van der Waals surface area contributed by atoms with E-state index in [2.05, 4.69) is 113 Å². The van der Waals surface area contributed by atoms with E-state index in [9.17, 15) is 17.3 Å². The van der Waals surface area contributed by atoms with E-state index in [1.807, 2.05) is 12.1 Å². The van der Waals surface area contributed by atoms with Crippen LogP contribution in [0.4, 0.5) is 17.3 Å². The highest BCUT2D eigenvalue weighted by atomic mass is 19.2. The molecule has 0 unspecified atom stereocenters. The molecule has 2 heterocycles. The number of hydrogen-bond donors (Lipinski definition) is 0. The molecule has 0 fully saturated rings. The highest BCUT2D eigenvalue weighted by molar-refractivity contribution is 6.30. The second-order valence-electron chi connectivity index (χ2n) is 7.43. The van der Waals surface area contributed by atoms with E-state index in [4.69, 9.17) is 10.0 Å². The largest absolute Gasteiger partial charge is 0.824 e. The first-order chi connectivity index (χ1) is 17.3. The van der Waals surface area contributed by atoms with Gasteiger partial charge in [-0.25, -0.2) is 9.13 Å². The van der Waals surface area contributed by atoms with E-state index in [-0.39, 0.29) is 0 Å². The first-order valence-corrected chi connectivity index (χ1v) is 10.9. The minimum atomic E-state index is -3.42. The highest BCUT2D eigenvalue weighted by Crippen LogP contribution is 2.16. The van der Waals surface area contributed by atoms with Crippen LogP contribution in [0.25, 0.3) is 17.2 Å². The maximum atomic E-state index is 9.78. The first-order valence-electron chi connectivity index (χ1n) is 10.9. The molecule has 0 spiro atoms. The van der Waals surface area contributed by atoms with E-state index >= 15 is 0 Å². The SMILES string of the molecule is C=Cc1ccccc1C[n+]1ccc(-c2cc[n+](Cc3ccccc3)cc2)cc1.[O-]B(F)F.[O-]B(F)F. The number of nitrogens with zero attached hydrogens (tertiary/aromatic N) is 2. The number of rotatable bonds is 6. The third-order valence-electron chi connectivity index (χ3n) is 4.95. The summed E-state index contributed by atoms with van der Waals surface area (Å²) < 4.78 is 43.5. The molecule has 0 atom stereocenters. The van der Waals surface area contributed by atoms with Crippen molar-refractivity contribution in [1.29, 1.82) is 0 Å². The van der Waals surface area contributed by atoms with Crippen molar-refractivity contribution >= 4 is 21.0 Å². The Morgan fingerprint density at radius 2 is 1.06 bits per heavy atom. The van der Waals surface area contributed by atoms with Crippen molar-refractivity contribution in [3.63, 3.8) is 0 Å². The quantitative estimate of drug-likeness (QED) is 0.235. The van der Waals surface area contributed by atoms with Gasteiger partial charge < -0.3 is 27.3 Å². The van der Waals surface area contributed by atoms with Gasteiger partial charge in [0.25, 0.3) is 0 Å². The van der Waals surface area contributed by atoms with Crippen molar-refractivity contribution in [1.82, 2.24) is 0 Å². The number of pyridine rings is 2. The molecule has 4 nitrogen and oxygen atoms in total. The van der Waals surface area contributed by atoms with Gasteiger partial charge in [-0.05, 0) is 16.7 Å². The van der Waals surface area contributed by atoms with E-state index in [1.54, 1.807) is 0 Å². The summed E-state index contributed by atoms with van der Waals surface area (Å²) in [6.07, 6.45) is 10.5. The Bertz CT molecular complexity index is 1170. The number of aromatic nitrogens is 2. The second-order valence-corrected chi connectivity index (χ2v) is 7.43. The molecule has 0 N–H and O–H groups in total. The lowest BCUT2D eigenvalue weighted by Crippen LogP contribution is -2.33. The third-order valence-corrected chi connectivity index (χ3v) is 4.95. The molecule has 0 saturated heterocycles. The smallest absolute Gasteiger partial charge is 0.447 e. The normalized spacial score (nSPS) is 9.72. The standard InChI is InChI=1S/C26H24N2.2BF2O/c1-2-23-10-6-7-11-26(23)21-28-18-14-25(15-19-28)24-12-16-27(17-13-24)20-22-8-4-3-5-9-22;2*2-1(3)4/h2-19H,1,20-21H2;;/q+2;2*-1. The van der Waals surface area contributed by atoms with Crippen LogP contribution in [-0.4, -0.2) is 14.9 Å². The van der Waals surface area contributed by atoms with E-state index in [0.717, 1.165) is 13.1 Å². The molecule has 0 aliphatic heterocycles. The second kappa shape index (κ2) is 15.3. The van der Waals surface area contributed by atoms with Crippen molar-refractivity contribution < 1.29 is 36.4 Å². The fraction of sp³-hybridized carbons (Fsp3) is 0.0769. The molecule has 4 rings (SSSR count). The van der Waals surface area contributed by atoms with Gasteiger partial charge in [0.2, 0.25) is 0 Å². The van der Waals surface area contributed by atoms with Crippen LogP contribution in [0, 0.1) is 0 Å². The van der Waals surface area contributed by atoms with Crippen molar-refractivity contribution in [2.75, 3.05) is 0 Å². The Kier molecular flexibility index (Phi) is 12.1. The molecule has 10 heteroatoms. The van der Waals surface area contributed by atoms with Crippen molar-refractivity contribution in [2.45, 2.75) is 13.1 Å². The van der Waals surface area contributed by atoms with Crippen molar-refractivity contribution in [3.05, 3.63) is 127 Å². The van der Waals surface area contributed by atoms with Gasteiger partial charge in [0, 0.05) is 35.4 Å². The molecule has 0 aliphatic carbocycles. The zero-order valence-electron chi connectivity index (χ0n) is 19.4. The maximum absolute atomic E-state index is 9.78. The van der Waals surface area contributed by atoms with Gasteiger partial charge in [0.05, 0.1) is 0 Å². The summed E-state index contributed by atoms with van der Waals surface area (Å²) >= 11 is 0. The van der Waals surface area contributed by atoms with Crippen LogP contribution in [0.3, 0.4) is 0 Å². The highest BCUT2D eigenvalue weighted by Gasteiger charge is 2.08. The zero-order valence-corrected chi connectivity index (χ0v) is 19.4. The predicted octanol–water partition coefficient (Wildman–Crippen LogP) is 3.21. The van der Waals surface area contributed by atoms with Crippen LogP contribution in [0.15, 0.2) is 110 Å². The summed E-state index contributed by atoms with van der Waals surface area (Å²) in [4.78, 5) is 0. The van der Waals surface area contributed by atoms with Crippen LogP contribution in [0.1, 0.15) is 16.7 Å². The zero-order chi connectivity index (χ0) is 26.3. The number of hydrogen-bond acceptors (Lipinski definition) is 2. The summed E-state index contributed by atoms with van der Waals surface area (Å²) in [5.41, 5.74) is 6.21. The molecule has 0 saturated carbocycles. The molecular weight excluding hydrogens is 470 g/mol. The molecule has 2 aromatic carbocycles. The van der Waals surface area contributed by atoms with Crippen LogP contribution in [0.5, 0.6) is 0 Å². The molecule has 0 aliphatic rings. The first kappa shape index (κ1) is 28.5. The third kappa shape index (κ3) is 10.7. The van der Waals surface area contributed by atoms with Gasteiger partial charge in [-0.2, -0.15) is 0 Å². The molecule has 36 heavy (non-hydrogen) atoms. The minimum Gasteiger partial charge on any atom is -0.824 e. The van der Waals surface area contributed by atoms with Crippen LogP contribution in [-0.2, 0) is 13.1 Å². The fourth-order valence-corrected chi connectivity index (χ4v) is 3.38. The average Bonchev–Trinajstić information content (AvgIpc) is 2.85. The summed E-state index contributed by atoms with van der Waals surface area (Å²) in [7, 11) is -6.83. The predicted molar refractivity (Wildman–Crippen MR) is 129 cm³/mol. The number of halogens is 4. The lowest BCUT2D eigenvalue weighted by Gasteiger charge is -2.04. The summed E-state index contributed by atoms with van der Waals surface area (Å²) in [6, 6.07) is 27.6. The molecule has 184 valence electrons. The van der Waals surface area contributed by atoms with Crippen LogP contribution < -0.4 is 19.2 Å². The van der Waals surface area contributed by atoms with Gasteiger partial charge in [-0.3, -0.25) is 0 Å². The number of benzene rings is 2. The van der Waals surface area contributed by atoms with E-state index in [0.29, 0.717) is 0 Å². The summed E-state index contributed by atoms with van der Waals surface area (Å²) in [5.74, 6) is 0. The molecule has 0 bridgehead atoms. The van der Waals surface area contributed by atoms with Gasteiger partial charge in [0.1, 0.15) is 0 Å². The van der Waals surface area contributed by atoms with Gasteiger partial charge in [0.15, 0.2) is 37.9 Å². The maximum Gasteiger partial charge on any atom is 0.447 e. The Labute approximate surface area is 208 Å². The Morgan fingerprint density at radius 1 is 0.639 bits per heavy atom. The lowest BCUT2D eigenvalue weighted by molar-refractivity contribution is -0.688. The monoisotopic (exact) mass is 494 g/mol. The minimum absolute atomic E-state index is 0.842. The van der Waals surface area contributed by atoms with Crippen molar-refractivity contribution in [2.24, 2.45) is 0 Å². The molecule has 0 radical (unpaired) electrons. The Balaban J connectivity index is 0.000000501. The molecular formula is C26H24B2F4N2O2. The van der Waals surface area contributed by atoms with Gasteiger partial charge in [-0.15, -0.1) is 0 Å². The van der Waals surface area contributed by atoms with Crippen LogP contribution >= 0.6 is 0 Å². The van der Waals surface area contributed by atoms with Gasteiger partial charge >= 0.3 is 14.9 Å². The fourth-order valence-electron chi connectivity index (χ4n) is 3.38. The summed E-state index contributed by atoms with van der Waals surface area (Å²) in [5, 5.41) is 16.4. The van der Waals surface area contributed by atoms with E-state index < -0.39 is 14.9 Å². The summed E-state index contributed by atoms with van der Waals surface area (Å²) in [6.45, 7) is 5.64. The lowest BCUT2D eigenvalue weighted by atomic mass is 10.1. The Hall–Kier alpha value is -3.75. The topological polar surface area (TPSA) is 53.9 Å². The van der Waals surface area contributed by atoms with Crippen LogP contribution in [0.2, 0.25) is 0 Å². The molecule has 0 amide bonds. The van der Waals surface area contributed by atoms with E-state index in [1.165, 1.54) is 27.8 Å². The molecule has 2 aromatic heterocycles. The van der Waals surface area contributed by atoms with Gasteiger partial charge in [-0.1, -0.05) is 67.3 Å². The van der Waals surface area contributed by atoms with Crippen molar-refractivity contribution in [3.8, 4) is 11.1 Å². The average molecular weight is 494 g/mol.